The van der Waals surface area contributed by atoms with Crippen LogP contribution in [0.25, 0.3) is 0 Å². The summed E-state index contributed by atoms with van der Waals surface area (Å²) in [5.41, 5.74) is 6.87. The number of rotatable bonds is 3. The number of hydrogen-bond donors (Lipinski definition) is 1. The van der Waals surface area contributed by atoms with Gasteiger partial charge in [0.1, 0.15) is 11.5 Å². The maximum absolute atomic E-state index is 5.84. The lowest BCUT2D eigenvalue weighted by Crippen LogP contribution is -2.36. The minimum absolute atomic E-state index is 0.502. The van der Waals surface area contributed by atoms with Crippen LogP contribution in [0.5, 0.6) is 0 Å². The SMILES string of the molecule is Cc1cc(CN2CCCN3CCCC3C2)oc1CN. The van der Waals surface area contributed by atoms with Crippen molar-refractivity contribution in [2.45, 2.75) is 45.3 Å². The van der Waals surface area contributed by atoms with Crippen LogP contribution in [0.1, 0.15) is 36.3 Å². The highest BCUT2D eigenvalue weighted by Gasteiger charge is 2.28. The number of nitrogens with two attached hydrogens (primary N) is 1. The fourth-order valence-corrected chi connectivity index (χ4v) is 3.52. The molecular weight excluding hydrogens is 238 g/mol. The highest BCUT2D eigenvalue weighted by atomic mass is 16.3. The van der Waals surface area contributed by atoms with Gasteiger partial charge in [-0.15, -0.1) is 0 Å². The Morgan fingerprint density at radius 3 is 2.95 bits per heavy atom. The summed E-state index contributed by atoms with van der Waals surface area (Å²) in [6.07, 6.45) is 4.01. The van der Waals surface area contributed by atoms with Gasteiger partial charge in [0.2, 0.25) is 0 Å². The molecule has 0 spiro atoms. The minimum Gasteiger partial charge on any atom is -0.463 e. The monoisotopic (exact) mass is 263 g/mol. The molecule has 4 heteroatoms. The molecule has 2 N–H and O–H groups in total. The molecule has 19 heavy (non-hydrogen) atoms. The Morgan fingerprint density at radius 1 is 1.32 bits per heavy atom. The van der Waals surface area contributed by atoms with Crippen molar-refractivity contribution in [3.8, 4) is 0 Å². The van der Waals surface area contributed by atoms with E-state index < -0.39 is 0 Å². The molecule has 0 bridgehead atoms. The molecule has 2 saturated heterocycles. The van der Waals surface area contributed by atoms with Crippen LogP contribution in [0.15, 0.2) is 10.5 Å². The number of aryl methyl sites for hydroxylation is 1. The van der Waals surface area contributed by atoms with Crippen molar-refractivity contribution in [3.63, 3.8) is 0 Å². The third-order valence-corrected chi connectivity index (χ3v) is 4.52. The van der Waals surface area contributed by atoms with Gasteiger partial charge in [0.15, 0.2) is 0 Å². The molecule has 1 aromatic rings. The Morgan fingerprint density at radius 2 is 2.16 bits per heavy atom. The summed E-state index contributed by atoms with van der Waals surface area (Å²) in [5.74, 6) is 2.01. The lowest BCUT2D eigenvalue weighted by molar-refractivity contribution is 0.204. The first-order valence-corrected chi connectivity index (χ1v) is 7.51. The average Bonchev–Trinajstić information content (AvgIpc) is 2.92. The highest BCUT2D eigenvalue weighted by Crippen LogP contribution is 2.23. The predicted octanol–water partition coefficient (Wildman–Crippen LogP) is 1.72. The fraction of sp³-hybridized carbons (Fsp3) is 0.733. The number of nitrogens with zero attached hydrogens (tertiary/aromatic N) is 2. The van der Waals surface area contributed by atoms with E-state index in [9.17, 15) is 0 Å². The molecule has 2 aliphatic rings. The first-order chi connectivity index (χ1) is 9.26. The summed E-state index contributed by atoms with van der Waals surface area (Å²) < 4.78 is 5.84. The molecular formula is C15H25N3O. The molecule has 0 aromatic carbocycles. The summed E-state index contributed by atoms with van der Waals surface area (Å²) in [6, 6.07) is 2.92. The second-order valence-corrected chi connectivity index (χ2v) is 5.94. The van der Waals surface area contributed by atoms with Gasteiger partial charge in [-0.05, 0) is 57.5 Å². The molecule has 1 atom stereocenters. The normalized spacial score (nSPS) is 25.5. The van der Waals surface area contributed by atoms with E-state index in [1.165, 1.54) is 51.0 Å². The van der Waals surface area contributed by atoms with Gasteiger partial charge in [0.05, 0.1) is 13.1 Å². The molecule has 2 fully saturated rings. The smallest absolute Gasteiger partial charge is 0.120 e. The summed E-state index contributed by atoms with van der Waals surface area (Å²) in [5, 5.41) is 0. The summed E-state index contributed by atoms with van der Waals surface area (Å²) >= 11 is 0. The van der Waals surface area contributed by atoms with Gasteiger partial charge in [0, 0.05) is 12.6 Å². The van der Waals surface area contributed by atoms with E-state index >= 15 is 0 Å². The van der Waals surface area contributed by atoms with Crippen molar-refractivity contribution in [2.24, 2.45) is 5.73 Å². The summed E-state index contributed by atoms with van der Waals surface area (Å²) in [4.78, 5) is 5.22. The van der Waals surface area contributed by atoms with Gasteiger partial charge >= 0.3 is 0 Å². The highest BCUT2D eigenvalue weighted by molar-refractivity contribution is 5.19. The van der Waals surface area contributed by atoms with Crippen LogP contribution in [0, 0.1) is 6.92 Å². The quantitative estimate of drug-likeness (QED) is 0.902. The standard InChI is InChI=1S/C15H25N3O/c1-12-8-14(19-15(12)9-16)11-17-5-3-7-18-6-2-4-13(18)10-17/h8,13H,2-7,9-11,16H2,1H3. The minimum atomic E-state index is 0.502. The van der Waals surface area contributed by atoms with E-state index in [0.29, 0.717) is 6.54 Å². The number of hydrogen-bond acceptors (Lipinski definition) is 4. The Kier molecular flexibility index (Phi) is 3.91. The van der Waals surface area contributed by atoms with Crippen molar-refractivity contribution >= 4 is 0 Å². The molecule has 0 radical (unpaired) electrons. The van der Waals surface area contributed by atoms with Crippen LogP contribution < -0.4 is 5.73 Å². The number of fused-ring (bicyclic) bond motifs is 1. The van der Waals surface area contributed by atoms with Crippen LogP contribution in [-0.4, -0.2) is 42.0 Å². The average molecular weight is 263 g/mol. The molecule has 106 valence electrons. The Hall–Kier alpha value is -0.840. The summed E-state index contributed by atoms with van der Waals surface area (Å²) in [7, 11) is 0. The van der Waals surface area contributed by atoms with E-state index in [1.807, 2.05) is 0 Å². The maximum atomic E-state index is 5.84. The van der Waals surface area contributed by atoms with Crippen molar-refractivity contribution in [1.29, 1.82) is 0 Å². The Balaban J connectivity index is 1.64. The zero-order valence-corrected chi connectivity index (χ0v) is 11.9. The van der Waals surface area contributed by atoms with Gasteiger partial charge in [-0.2, -0.15) is 0 Å². The molecule has 0 amide bonds. The van der Waals surface area contributed by atoms with E-state index in [-0.39, 0.29) is 0 Å². The zero-order valence-electron chi connectivity index (χ0n) is 11.9. The van der Waals surface area contributed by atoms with Crippen molar-refractivity contribution < 1.29 is 4.42 Å². The molecule has 4 nitrogen and oxygen atoms in total. The molecule has 1 aromatic heterocycles. The van der Waals surface area contributed by atoms with Crippen LogP contribution in [0.4, 0.5) is 0 Å². The van der Waals surface area contributed by atoms with Gasteiger partial charge in [-0.1, -0.05) is 0 Å². The zero-order chi connectivity index (χ0) is 13.2. The second-order valence-electron chi connectivity index (χ2n) is 5.94. The van der Waals surface area contributed by atoms with E-state index in [1.54, 1.807) is 0 Å². The third kappa shape index (κ3) is 2.86. The second kappa shape index (κ2) is 5.65. The number of furan rings is 1. The van der Waals surface area contributed by atoms with Gasteiger partial charge in [-0.25, -0.2) is 0 Å². The van der Waals surface area contributed by atoms with Crippen molar-refractivity contribution in [1.82, 2.24) is 9.80 Å². The van der Waals surface area contributed by atoms with Crippen LogP contribution in [0.2, 0.25) is 0 Å². The van der Waals surface area contributed by atoms with Gasteiger partial charge in [-0.3, -0.25) is 9.80 Å². The molecule has 1 unspecified atom stereocenters. The largest absolute Gasteiger partial charge is 0.463 e. The molecule has 0 aliphatic carbocycles. The lowest BCUT2D eigenvalue weighted by Gasteiger charge is -2.24. The molecule has 0 saturated carbocycles. The lowest BCUT2D eigenvalue weighted by atomic mass is 10.2. The van der Waals surface area contributed by atoms with Crippen LogP contribution in [0.3, 0.4) is 0 Å². The Bertz CT molecular complexity index is 429. The fourth-order valence-electron chi connectivity index (χ4n) is 3.52. The van der Waals surface area contributed by atoms with E-state index in [0.717, 1.165) is 24.1 Å². The van der Waals surface area contributed by atoms with Crippen LogP contribution in [-0.2, 0) is 13.1 Å². The van der Waals surface area contributed by atoms with Crippen LogP contribution >= 0.6 is 0 Å². The van der Waals surface area contributed by atoms with Crippen molar-refractivity contribution in [3.05, 3.63) is 23.2 Å². The Labute approximate surface area is 115 Å². The van der Waals surface area contributed by atoms with E-state index in [2.05, 4.69) is 22.8 Å². The summed E-state index contributed by atoms with van der Waals surface area (Å²) in [6.45, 7) is 8.47. The predicted molar refractivity (Wildman–Crippen MR) is 75.8 cm³/mol. The maximum Gasteiger partial charge on any atom is 0.120 e. The van der Waals surface area contributed by atoms with Crippen molar-refractivity contribution in [2.75, 3.05) is 26.2 Å². The molecule has 3 heterocycles. The van der Waals surface area contributed by atoms with Gasteiger partial charge in [0.25, 0.3) is 0 Å². The van der Waals surface area contributed by atoms with E-state index in [4.69, 9.17) is 10.2 Å². The topological polar surface area (TPSA) is 45.6 Å². The first kappa shape index (κ1) is 13.2. The van der Waals surface area contributed by atoms with Gasteiger partial charge < -0.3 is 10.2 Å². The molecule has 2 aliphatic heterocycles. The third-order valence-electron chi connectivity index (χ3n) is 4.52. The molecule has 3 rings (SSSR count). The first-order valence-electron chi connectivity index (χ1n) is 7.51.